The fourth-order valence-corrected chi connectivity index (χ4v) is 2.88. The number of rotatable bonds is 4. The Kier molecular flexibility index (Phi) is 4.03. The quantitative estimate of drug-likeness (QED) is 0.781. The molecule has 0 radical (unpaired) electrons. The zero-order valence-corrected chi connectivity index (χ0v) is 13.6. The van der Waals surface area contributed by atoms with Crippen LogP contribution in [0, 0.1) is 0 Å². The molecule has 0 fully saturated rings. The molecule has 3 rings (SSSR count). The van der Waals surface area contributed by atoms with Gasteiger partial charge in [0.25, 0.3) is 0 Å². The van der Waals surface area contributed by atoms with Gasteiger partial charge in [-0.2, -0.15) is 0 Å². The van der Waals surface area contributed by atoms with Crippen LogP contribution in [0.4, 0.5) is 0 Å². The topological polar surface area (TPSA) is 42.7 Å². The molecule has 21 heavy (non-hydrogen) atoms. The van der Waals surface area contributed by atoms with E-state index in [4.69, 9.17) is 0 Å². The van der Waals surface area contributed by atoms with Crippen LogP contribution in [0.3, 0.4) is 0 Å². The number of fused-ring (bicyclic) bond motifs is 1. The van der Waals surface area contributed by atoms with Gasteiger partial charge >= 0.3 is 0 Å². The monoisotopic (exact) mass is 344 g/mol. The number of aromatic nitrogens is 3. The van der Waals surface area contributed by atoms with Gasteiger partial charge in [0.1, 0.15) is 5.52 Å². The maximum atomic E-state index is 4.33. The van der Waals surface area contributed by atoms with Crippen LogP contribution >= 0.6 is 15.9 Å². The molecule has 0 spiro atoms. The SMILES string of the molecule is CCNC(C)c1ccc(Br)cc1-n1nnc2ccccc21. The Morgan fingerprint density at radius 3 is 2.86 bits per heavy atom. The highest BCUT2D eigenvalue weighted by Crippen LogP contribution is 2.27. The Balaban J connectivity index is 2.19. The lowest BCUT2D eigenvalue weighted by Crippen LogP contribution is -2.19. The number of para-hydroxylation sites is 1. The van der Waals surface area contributed by atoms with Crippen LogP contribution in [-0.2, 0) is 0 Å². The normalized spacial score (nSPS) is 12.7. The van der Waals surface area contributed by atoms with Gasteiger partial charge in [0, 0.05) is 10.5 Å². The fourth-order valence-electron chi connectivity index (χ4n) is 2.53. The second-order valence-corrected chi connectivity index (χ2v) is 5.89. The summed E-state index contributed by atoms with van der Waals surface area (Å²) in [5.74, 6) is 0. The van der Waals surface area contributed by atoms with Gasteiger partial charge in [0.05, 0.1) is 11.2 Å². The van der Waals surface area contributed by atoms with Gasteiger partial charge in [-0.25, -0.2) is 4.68 Å². The number of halogens is 1. The molecular formula is C16H17BrN4. The van der Waals surface area contributed by atoms with Crippen molar-refractivity contribution in [3.8, 4) is 5.69 Å². The molecule has 0 saturated carbocycles. The van der Waals surface area contributed by atoms with Crippen molar-refractivity contribution >= 4 is 27.0 Å². The van der Waals surface area contributed by atoms with Gasteiger partial charge in [-0.15, -0.1) is 5.10 Å². The number of nitrogens with zero attached hydrogens (tertiary/aromatic N) is 3. The lowest BCUT2D eigenvalue weighted by molar-refractivity contribution is 0.593. The summed E-state index contributed by atoms with van der Waals surface area (Å²) < 4.78 is 2.94. The number of benzene rings is 2. The highest BCUT2D eigenvalue weighted by Gasteiger charge is 2.14. The van der Waals surface area contributed by atoms with Crippen LogP contribution in [0.25, 0.3) is 16.7 Å². The molecule has 0 aliphatic carbocycles. The average molecular weight is 345 g/mol. The maximum Gasteiger partial charge on any atom is 0.113 e. The summed E-state index contributed by atoms with van der Waals surface area (Å²) in [5.41, 5.74) is 4.17. The maximum absolute atomic E-state index is 4.33. The molecule has 108 valence electrons. The van der Waals surface area contributed by atoms with Gasteiger partial charge in [0.15, 0.2) is 0 Å². The van der Waals surface area contributed by atoms with Gasteiger partial charge in [-0.1, -0.05) is 46.3 Å². The zero-order valence-electron chi connectivity index (χ0n) is 12.0. The number of hydrogen-bond acceptors (Lipinski definition) is 3. The van der Waals surface area contributed by atoms with E-state index in [0.717, 1.165) is 27.7 Å². The van der Waals surface area contributed by atoms with E-state index in [2.05, 4.69) is 63.6 Å². The van der Waals surface area contributed by atoms with Crippen LogP contribution in [0.1, 0.15) is 25.5 Å². The first-order valence-electron chi connectivity index (χ1n) is 7.04. The van der Waals surface area contributed by atoms with E-state index >= 15 is 0 Å². The van der Waals surface area contributed by atoms with E-state index in [-0.39, 0.29) is 6.04 Å². The van der Waals surface area contributed by atoms with Crippen molar-refractivity contribution in [2.75, 3.05) is 6.54 Å². The highest BCUT2D eigenvalue weighted by atomic mass is 79.9. The van der Waals surface area contributed by atoms with E-state index in [9.17, 15) is 0 Å². The van der Waals surface area contributed by atoms with Crippen LogP contribution in [-0.4, -0.2) is 21.5 Å². The molecular weight excluding hydrogens is 328 g/mol. The van der Waals surface area contributed by atoms with Gasteiger partial charge < -0.3 is 5.32 Å². The lowest BCUT2D eigenvalue weighted by atomic mass is 10.1. The van der Waals surface area contributed by atoms with Crippen LogP contribution < -0.4 is 5.32 Å². The molecule has 0 saturated heterocycles. The minimum Gasteiger partial charge on any atom is -0.310 e. The first-order valence-corrected chi connectivity index (χ1v) is 7.83. The molecule has 1 atom stereocenters. The smallest absolute Gasteiger partial charge is 0.113 e. The van der Waals surface area contributed by atoms with E-state index < -0.39 is 0 Å². The summed E-state index contributed by atoms with van der Waals surface area (Å²) in [4.78, 5) is 0. The third-order valence-electron chi connectivity index (χ3n) is 3.55. The standard InChI is InChI=1S/C16H17BrN4/c1-3-18-11(2)13-9-8-12(17)10-16(13)21-15-7-5-4-6-14(15)19-20-21/h4-11,18H,3H2,1-2H3. The Morgan fingerprint density at radius 1 is 1.24 bits per heavy atom. The second kappa shape index (κ2) is 5.95. The fraction of sp³-hybridized carbons (Fsp3) is 0.250. The van der Waals surface area contributed by atoms with Gasteiger partial charge in [-0.05, 0) is 43.3 Å². The van der Waals surface area contributed by atoms with Crippen LogP contribution in [0.2, 0.25) is 0 Å². The third kappa shape index (κ3) is 2.71. The molecule has 5 heteroatoms. The lowest BCUT2D eigenvalue weighted by Gasteiger charge is -2.17. The van der Waals surface area contributed by atoms with Crippen molar-refractivity contribution in [3.05, 3.63) is 52.5 Å². The average Bonchev–Trinajstić information content (AvgIpc) is 2.91. The zero-order chi connectivity index (χ0) is 14.8. The van der Waals surface area contributed by atoms with Gasteiger partial charge in [-0.3, -0.25) is 0 Å². The predicted molar refractivity (Wildman–Crippen MR) is 88.7 cm³/mol. The molecule has 1 aromatic heterocycles. The number of hydrogen-bond donors (Lipinski definition) is 1. The van der Waals surface area contributed by atoms with Crippen molar-refractivity contribution in [3.63, 3.8) is 0 Å². The van der Waals surface area contributed by atoms with Crippen molar-refractivity contribution in [2.45, 2.75) is 19.9 Å². The van der Waals surface area contributed by atoms with E-state index in [0.29, 0.717) is 0 Å². The van der Waals surface area contributed by atoms with Crippen molar-refractivity contribution < 1.29 is 0 Å². The molecule has 0 aliphatic rings. The van der Waals surface area contributed by atoms with E-state index in [1.807, 2.05) is 28.9 Å². The first kappa shape index (κ1) is 14.2. The molecule has 1 heterocycles. The van der Waals surface area contributed by atoms with E-state index in [1.165, 1.54) is 5.56 Å². The van der Waals surface area contributed by atoms with Crippen LogP contribution in [0.5, 0.6) is 0 Å². The summed E-state index contributed by atoms with van der Waals surface area (Å²) in [6, 6.07) is 14.5. The summed E-state index contributed by atoms with van der Waals surface area (Å²) >= 11 is 3.55. The molecule has 2 aromatic carbocycles. The van der Waals surface area contributed by atoms with Gasteiger partial charge in [0.2, 0.25) is 0 Å². The largest absolute Gasteiger partial charge is 0.310 e. The summed E-state index contributed by atoms with van der Waals surface area (Å²) in [7, 11) is 0. The van der Waals surface area contributed by atoms with Crippen molar-refractivity contribution in [1.29, 1.82) is 0 Å². The molecule has 1 N–H and O–H groups in total. The third-order valence-corrected chi connectivity index (χ3v) is 4.04. The highest BCUT2D eigenvalue weighted by molar-refractivity contribution is 9.10. The Morgan fingerprint density at radius 2 is 2.05 bits per heavy atom. The Bertz CT molecular complexity index is 766. The summed E-state index contributed by atoms with van der Waals surface area (Å²) in [6.07, 6.45) is 0. The summed E-state index contributed by atoms with van der Waals surface area (Å²) in [6.45, 7) is 5.20. The number of nitrogens with one attached hydrogen (secondary N) is 1. The minimum absolute atomic E-state index is 0.251. The predicted octanol–water partition coefficient (Wildman–Crippen LogP) is 3.85. The van der Waals surface area contributed by atoms with Crippen molar-refractivity contribution in [1.82, 2.24) is 20.3 Å². The summed E-state index contributed by atoms with van der Waals surface area (Å²) in [5, 5.41) is 12.0. The minimum atomic E-state index is 0.251. The van der Waals surface area contributed by atoms with Crippen molar-refractivity contribution in [2.24, 2.45) is 0 Å². The Labute approximate surface area is 132 Å². The molecule has 4 nitrogen and oxygen atoms in total. The molecule has 3 aromatic rings. The molecule has 0 amide bonds. The van der Waals surface area contributed by atoms with E-state index in [1.54, 1.807) is 0 Å². The molecule has 0 bridgehead atoms. The second-order valence-electron chi connectivity index (χ2n) is 4.97. The first-order chi connectivity index (χ1) is 10.2. The molecule has 0 aliphatic heterocycles. The Hall–Kier alpha value is -1.72. The van der Waals surface area contributed by atoms with Crippen LogP contribution in [0.15, 0.2) is 46.9 Å². The molecule has 1 unspecified atom stereocenters.